The number of nitrogens with two attached hydrogens (primary N) is 1. The molecule has 4 rings (SSSR count). The fourth-order valence-corrected chi connectivity index (χ4v) is 5.32. The zero-order chi connectivity index (χ0) is 21.8. The van der Waals surface area contributed by atoms with Gasteiger partial charge in [-0.1, -0.05) is 6.42 Å². The van der Waals surface area contributed by atoms with Gasteiger partial charge in [0.05, 0.1) is 25.0 Å². The summed E-state index contributed by atoms with van der Waals surface area (Å²) in [5, 5.41) is 6.29. The number of H-pyrrole nitrogens is 1. The van der Waals surface area contributed by atoms with E-state index in [0.29, 0.717) is 17.3 Å². The van der Waals surface area contributed by atoms with Gasteiger partial charge in [0.15, 0.2) is 11.2 Å². The molecule has 0 aromatic carbocycles. The van der Waals surface area contributed by atoms with Gasteiger partial charge in [0.2, 0.25) is 5.95 Å². The number of ether oxygens (including phenoxy) is 2. The SMILES string of the molecule is Nc1nc2c(ncn2COCCOC(=O)CCCC[C@@H]2SC[C@@H]3NC(=O)N[C@@H]32)c(=O)[nH]1. The Balaban J connectivity index is 1.08. The van der Waals surface area contributed by atoms with Crippen molar-refractivity contribution in [2.24, 2.45) is 0 Å². The Kier molecular flexibility index (Phi) is 6.61. The third-order valence-corrected chi connectivity index (χ3v) is 6.78. The van der Waals surface area contributed by atoms with E-state index >= 15 is 0 Å². The van der Waals surface area contributed by atoms with Crippen molar-refractivity contribution in [1.29, 1.82) is 0 Å². The van der Waals surface area contributed by atoms with Gasteiger partial charge in [-0.15, -0.1) is 0 Å². The summed E-state index contributed by atoms with van der Waals surface area (Å²) in [7, 11) is 0. The largest absolute Gasteiger partial charge is 0.463 e. The van der Waals surface area contributed by atoms with Crippen molar-refractivity contribution in [3.8, 4) is 0 Å². The van der Waals surface area contributed by atoms with Gasteiger partial charge in [-0.25, -0.2) is 9.78 Å². The van der Waals surface area contributed by atoms with E-state index in [4.69, 9.17) is 15.2 Å². The molecule has 31 heavy (non-hydrogen) atoms. The first-order valence-electron chi connectivity index (χ1n) is 10.1. The second-order valence-corrected chi connectivity index (χ2v) is 8.74. The van der Waals surface area contributed by atoms with Gasteiger partial charge < -0.3 is 25.8 Å². The molecule has 0 aliphatic carbocycles. The predicted octanol–water partition coefficient (Wildman–Crippen LogP) is -0.0551. The minimum Gasteiger partial charge on any atom is -0.463 e. The van der Waals surface area contributed by atoms with Gasteiger partial charge in [0, 0.05) is 17.4 Å². The molecule has 2 aliphatic heterocycles. The van der Waals surface area contributed by atoms with E-state index in [1.807, 2.05) is 11.8 Å². The second-order valence-electron chi connectivity index (χ2n) is 7.46. The Bertz CT molecular complexity index is 1010. The maximum absolute atomic E-state index is 11.9. The smallest absolute Gasteiger partial charge is 0.315 e. The quantitative estimate of drug-likeness (QED) is 0.220. The Hall–Kier alpha value is -2.80. The van der Waals surface area contributed by atoms with Crippen molar-refractivity contribution in [2.45, 2.75) is 49.7 Å². The van der Waals surface area contributed by atoms with E-state index < -0.39 is 5.56 Å². The summed E-state index contributed by atoms with van der Waals surface area (Å²) in [4.78, 5) is 45.4. The highest BCUT2D eigenvalue weighted by atomic mass is 32.2. The number of nitrogens with zero attached hydrogens (tertiary/aromatic N) is 3. The van der Waals surface area contributed by atoms with E-state index in [9.17, 15) is 14.4 Å². The number of carbonyl (C=O) groups excluding carboxylic acids is 2. The summed E-state index contributed by atoms with van der Waals surface area (Å²) in [6, 6.07) is 0.335. The molecule has 2 amide bonds. The highest BCUT2D eigenvalue weighted by Crippen LogP contribution is 2.33. The monoisotopic (exact) mass is 451 g/mol. The molecule has 2 aliphatic rings. The number of aromatic nitrogens is 4. The number of thioether (sulfide) groups is 1. The molecule has 0 bridgehead atoms. The van der Waals surface area contributed by atoms with E-state index in [1.165, 1.54) is 6.33 Å². The number of carbonyl (C=O) groups is 2. The van der Waals surface area contributed by atoms with Crippen LogP contribution in [0.2, 0.25) is 0 Å². The Morgan fingerprint density at radius 3 is 3.03 bits per heavy atom. The van der Waals surface area contributed by atoms with E-state index in [1.54, 1.807) is 4.57 Å². The van der Waals surface area contributed by atoms with Crippen LogP contribution in [0.3, 0.4) is 0 Å². The van der Waals surface area contributed by atoms with Crippen LogP contribution in [0.4, 0.5) is 10.7 Å². The van der Waals surface area contributed by atoms with E-state index in [2.05, 4.69) is 25.6 Å². The first kappa shape index (κ1) is 21.4. The number of hydrogen-bond acceptors (Lipinski definition) is 9. The van der Waals surface area contributed by atoms with Crippen molar-refractivity contribution < 1.29 is 19.1 Å². The molecule has 2 aromatic heterocycles. The maximum atomic E-state index is 11.9. The van der Waals surface area contributed by atoms with Crippen LogP contribution in [0.1, 0.15) is 25.7 Å². The van der Waals surface area contributed by atoms with Crippen molar-refractivity contribution in [3.63, 3.8) is 0 Å². The first-order valence-corrected chi connectivity index (χ1v) is 11.2. The summed E-state index contributed by atoms with van der Waals surface area (Å²) in [5.41, 5.74) is 5.65. The van der Waals surface area contributed by atoms with Gasteiger partial charge in [-0.05, 0) is 12.8 Å². The number of anilines is 1. The van der Waals surface area contributed by atoms with Crippen LogP contribution in [0.25, 0.3) is 11.2 Å². The fourth-order valence-electron chi connectivity index (χ4n) is 3.77. The van der Waals surface area contributed by atoms with Gasteiger partial charge in [0.25, 0.3) is 5.56 Å². The highest BCUT2D eigenvalue weighted by Gasteiger charge is 2.42. The Labute approximate surface area is 181 Å². The number of nitrogen functional groups attached to an aromatic ring is 1. The van der Waals surface area contributed by atoms with Crippen molar-refractivity contribution >= 4 is 40.9 Å². The van der Waals surface area contributed by atoms with Crippen LogP contribution in [-0.2, 0) is 21.0 Å². The van der Waals surface area contributed by atoms with Crippen LogP contribution in [0.15, 0.2) is 11.1 Å². The number of hydrogen-bond donors (Lipinski definition) is 4. The predicted molar refractivity (Wildman–Crippen MR) is 113 cm³/mol. The summed E-state index contributed by atoms with van der Waals surface area (Å²) in [5.74, 6) is 0.680. The molecule has 0 unspecified atom stereocenters. The first-order chi connectivity index (χ1) is 15.0. The number of unbranched alkanes of at least 4 members (excludes halogenated alkanes) is 1. The van der Waals surface area contributed by atoms with Crippen LogP contribution < -0.4 is 21.9 Å². The average Bonchev–Trinajstić information content (AvgIpc) is 3.40. The molecule has 0 radical (unpaired) electrons. The number of imidazole rings is 1. The van der Waals surface area contributed by atoms with E-state index in [-0.39, 0.29) is 55.5 Å². The number of fused-ring (bicyclic) bond motifs is 2. The van der Waals surface area contributed by atoms with Gasteiger partial charge in [0.1, 0.15) is 13.3 Å². The highest BCUT2D eigenvalue weighted by molar-refractivity contribution is 8.00. The lowest BCUT2D eigenvalue weighted by Gasteiger charge is -2.16. The molecule has 168 valence electrons. The Morgan fingerprint density at radius 2 is 2.16 bits per heavy atom. The van der Waals surface area contributed by atoms with Crippen LogP contribution in [0.5, 0.6) is 0 Å². The fraction of sp³-hybridized carbons (Fsp3) is 0.611. The standard InChI is InChI=1S/C18H25N7O5S/c19-17-23-15-14(16(27)24-17)20-8-25(15)9-29-5-6-30-12(26)4-2-1-3-11-13-10(7-31-11)21-18(28)22-13/h8,10-11,13H,1-7,9H2,(H2,21,22,28)(H3,19,23,24,27)/t10-,11-,13-/m0/s1. The lowest BCUT2D eigenvalue weighted by Crippen LogP contribution is -2.36. The summed E-state index contributed by atoms with van der Waals surface area (Å²) in [6.07, 6.45) is 4.42. The van der Waals surface area contributed by atoms with Crippen LogP contribution in [0, 0.1) is 0 Å². The third-order valence-electron chi connectivity index (χ3n) is 5.27. The zero-order valence-electron chi connectivity index (χ0n) is 16.8. The minimum absolute atomic E-state index is 0.00387. The van der Waals surface area contributed by atoms with Crippen molar-refractivity contribution in [1.82, 2.24) is 30.2 Å². The molecule has 5 N–H and O–H groups in total. The molecule has 3 atom stereocenters. The number of aromatic amines is 1. The summed E-state index contributed by atoms with van der Waals surface area (Å²) in [6.45, 7) is 0.455. The number of nitrogens with one attached hydrogen (secondary N) is 3. The molecular weight excluding hydrogens is 426 g/mol. The number of rotatable bonds is 10. The molecule has 0 spiro atoms. The third kappa shape index (κ3) is 5.10. The van der Waals surface area contributed by atoms with Crippen LogP contribution in [-0.4, -0.2) is 67.8 Å². The summed E-state index contributed by atoms with van der Waals surface area (Å²) >= 11 is 1.87. The maximum Gasteiger partial charge on any atom is 0.315 e. The number of esters is 1. The molecule has 2 aromatic rings. The lowest BCUT2D eigenvalue weighted by atomic mass is 10.0. The number of urea groups is 1. The van der Waals surface area contributed by atoms with Gasteiger partial charge in [-0.3, -0.25) is 19.1 Å². The molecule has 0 saturated carbocycles. The molecular formula is C18H25N7O5S. The van der Waals surface area contributed by atoms with E-state index in [0.717, 1.165) is 25.0 Å². The lowest BCUT2D eigenvalue weighted by molar-refractivity contribution is -0.145. The minimum atomic E-state index is -0.411. The van der Waals surface area contributed by atoms with Gasteiger partial charge >= 0.3 is 12.0 Å². The molecule has 12 nitrogen and oxygen atoms in total. The topological polar surface area (TPSA) is 166 Å². The average molecular weight is 452 g/mol. The van der Waals surface area contributed by atoms with Gasteiger partial charge in [-0.2, -0.15) is 16.7 Å². The summed E-state index contributed by atoms with van der Waals surface area (Å²) < 4.78 is 12.2. The zero-order valence-corrected chi connectivity index (χ0v) is 17.7. The van der Waals surface area contributed by atoms with Crippen molar-refractivity contribution in [3.05, 3.63) is 16.7 Å². The molecule has 13 heteroatoms. The Morgan fingerprint density at radius 1 is 1.29 bits per heavy atom. The van der Waals surface area contributed by atoms with Crippen LogP contribution >= 0.6 is 11.8 Å². The molecule has 2 saturated heterocycles. The second kappa shape index (κ2) is 9.56. The molecule has 2 fully saturated rings. The van der Waals surface area contributed by atoms with Crippen molar-refractivity contribution in [2.75, 3.05) is 24.7 Å². The normalized spacial score (nSPS) is 22.3. The molecule has 4 heterocycles. The number of amides is 2.